The molecule has 4 nitrogen and oxygen atoms in total. The minimum Gasteiger partial charge on any atom is -0.379 e. The van der Waals surface area contributed by atoms with E-state index in [9.17, 15) is 4.79 Å². The van der Waals surface area contributed by atoms with Crippen LogP contribution in [0.3, 0.4) is 0 Å². The van der Waals surface area contributed by atoms with E-state index in [0.717, 1.165) is 11.5 Å². The Morgan fingerprint density at radius 1 is 1.69 bits per heavy atom. The van der Waals surface area contributed by atoms with Crippen LogP contribution in [0.25, 0.3) is 0 Å². The molecule has 1 rings (SSSR count). The van der Waals surface area contributed by atoms with Gasteiger partial charge < -0.3 is 5.32 Å². The SMILES string of the molecule is CCSCC(C)Nc1cnn(C)c(=O)c1Cl. The van der Waals surface area contributed by atoms with Crippen molar-refractivity contribution in [2.75, 3.05) is 16.8 Å². The Kier molecular flexibility index (Phi) is 5.15. The molecule has 1 aromatic rings. The van der Waals surface area contributed by atoms with E-state index in [-0.39, 0.29) is 16.6 Å². The molecule has 0 bridgehead atoms. The largest absolute Gasteiger partial charge is 0.379 e. The average molecular weight is 262 g/mol. The fraction of sp³-hybridized carbons (Fsp3) is 0.600. The zero-order valence-electron chi connectivity index (χ0n) is 9.66. The summed E-state index contributed by atoms with van der Waals surface area (Å²) in [4.78, 5) is 11.5. The summed E-state index contributed by atoms with van der Waals surface area (Å²) in [6.45, 7) is 4.17. The van der Waals surface area contributed by atoms with E-state index in [0.29, 0.717) is 5.69 Å². The lowest BCUT2D eigenvalue weighted by molar-refractivity contribution is 0.707. The molecule has 0 radical (unpaired) electrons. The number of nitrogens with one attached hydrogen (secondary N) is 1. The molecule has 1 aromatic heterocycles. The van der Waals surface area contributed by atoms with Crippen molar-refractivity contribution in [1.82, 2.24) is 9.78 Å². The van der Waals surface area contributed by atoms with Crippen LogP contribution in [0.15, 0.2) is 11.0 Å². The number of hydrogen-bond acceptors (Lipinski definition) is 4. The molecule has 0 spiro atoms. The van der Waals surface area contributed by atoms with Gasteiger partial charge in [-0.25, -0.2) is 4.68 Å². The maximum absolute atomic E-state index is 11.5. The second-order valence-corrected chi connectivity index (χ2v) is 5.20. The molecule has 0 aliphatic rings. The molecule has 90 valence electrons. The molecule has 0 amide bonds. The van der Waals surface area contributed by atoms with Gasteiger partial charge in [0.2, 0.25) is 0 Å². The van der Waals surface area contributed by atoms with Gasteiger partial charge in [0.05, 0.1) is 11.9 Å². The topological polar surface area (TPSA) is 46.9 Å². The normalized spacial score (nSPS) is 12.5. The van der Waals surface area contributed by atoms with Gasteiger partial charge in [-0.3, -0.25) is 4.79 Å². The van der Waals surface area contributed by atoms with Crippen molar-refractivity contribution >= 4 is 29.1 Å². The van der Waals surface area contributed by atoms with Crippen molar-refractivity contribution in [3.63, 3.8) is 0 Å². The van der Waals surface area contributed by atoms with Gasteiger partial charge in [0.15, 0.2) is 0 Å². The number of rotatable bonds is 5. The zero-order valence-corrected chi connectivity index (χ0v) is 11.2. The van der Waals surface area contributed by atoms with E-state index >= 15 is 0 Å². The fourth-order valence-corrected chi connectivity index (χ4v) is 2.11. The Labute approximate surface area is 104 Å². The van der Waals surface area contributed by atoms with Crippen LogP contribution in [0.5, 0.6) is 0 Å². The highest BCUT2D eigenvalue weighted by atomic mass is 35.5. The van der Waals surface area contributed by atoms with Gasteiger partial charge >= 0.3 is 0 Å². The summed E-state index contributed by atoms with van der Waals surface area (Å²) in [6.07, 6.45) is 1.58. The molecule has 1 unspecified atom stereocenters. The van der Waals surface area contributed by atoms with Crippen LogP contribution in [-0.2, 0) is 7.05 Å². The Hall–Kier alpha value is -0.680. The highest BCUT2D eigenvalue weighted by molar-refractivity contribution is 7.99. The van der Waals surface area contributed by atoms with Crippen molar-refractivity contribution in [2.45, 2.75) is 19.9 Å². The van der Waals surface area contributed by atoms with E-state index in [1.54, 1.807) is 13.2 Å². The summed E-state index contributed by atoms with van der Waals surface area (Å²) in [5.41, 5.74) is 0.330. The van der Waals surface area contributed by atoms with Crippen LogP contribution < -0.4 is 10.9 Å². The van der Waals surface area contributed by atoms with E-state index in [1.807, 2.05) is 11.8 Å². The first kappa shape index (κ1) is 13.4. The lowest BCUT2D eigenvalue weighted by Gasteiger charge is -2.15. The zero-order chi connectivity index (χ0) is 12.1. The lowest BCUT2D eigenvalue weighted by atomic mass is 10.3. The van der Waals surface area contributed by atoms with Crippen LogP contribution in [0.2, 0.25) is 5.02 Å². The second-order valence-electron chi connectivity index (χ2n) is 3.51. The van der Waals surface area contributed by atoms with Gasteiger partial charge in [0, 0.05) is 18.8 Å². The molecule has 1 heterocycles. The van der Waals surface area contributed by atoms with Gasteiger partial charge in [0.1, 0.15) is 5.02 Å². The van der Waals surface area contributed by atoms with Crippen LogP contribution in [-0.4, -0.2) is 27.3 Å². The van der Waals surface area contributed by atoms with E-state index in [4.69, 9.17) is 11.6 Å². The standard InChI is InChI=1S/C10H16ClN3OS/c1-4-16-6-7(2)13-8-5-12-14(3)10(15)9(8)11/h5,7,13H,4,6H2,1-3H3. The van der Waals surface area contributed by atoms with Gasteiger partial charge in [-0.2, -0.15) is 16.9 Å². The van der Waals surface area contributed by atoms with Gasteiger partial charge in [-0.15, -0.1) is 0 Å². The summed E-state index contributed by atoms with van der Waals surface area (Å²) in [7, 11) is 1.58. The van der Waals surface area contributed by atoms with Crippen molar-refractivity contribution in [2.24, 2.45) is 7.05 Å². The highest BCUT2D eigenvalue weighted by Gasteiger charge is 2.09. The Morgan fingerprint density at radius 2 is 2.38 bits per heavy atom. The number of thioether (sulfide) groups is 1. The second kappa shape index (κ2) is 6.15. The molecular weight excluding hydrogens is 246 g/mol. The number of aromatic nitrogens is 2. The molecule has 16 heavy (non-hydrogen) atoms. The molecular formula is C10H16ClN3OS. The van der Waals surface area contributed by atoms with Crippen LogP contribution in [0.1, 0.15) is 13.8 Å². The Bertz CT molecular complexity index is 408. The lowest BCUT2D eigenvalue weighted by Crippen LogP contribution is -2.24. The minimum atomic E-state index is -0.276. The van der Waals surface area contributed by atoms with Crippen LogP contribution in [0, 0.1) is 0 Å². The quantitative estimate of drug-likeness (QED) is 0.881. The monoisotopic (exact) mass is 261 g/mol. The van der Waals surface area contributed by atoms with Crippen molar-refractivity contribution in [3.8, 4) is 0 Å². The van der Waals surface area contributed by atoms with E-state index in [2.05, 4.69) is 24.3 Å². The molecule has 0 aliphatic carbocycles. The third kappa shape index (κ3) is 3.42. The Morgan fingerprint density at radius 3 is 3.00 bits per heavy atom. The third-order valence-electron chi connectivity index (χ3n) is 2.05. The predicted molar refractivity (Wildman–Crippen MR) is 70.6 cm³/mol. The molecule has 0 aliphatic heterocycles. The minimum absolute atomic E-state index is 0.200. The van der Waals surface area contributed by atoms with Crippen molar-refractivity contribution in [3.05, 3.63) is 21.6 Å². The van der Waals surface area contributed by atoms with Crippen LogP contribution in [0.4, 0.5) is 5.69 Å². The van der Waals surface area contributed by atoms with Crippen molar-refractivity contribution in [1.29, 1.82) is 0 Å². The molecule has 6 heteroatoms. The maximum atomic E-state index is 11.5. The summed E-state index contributed by atoms with van der Waals surface area (Å²) >= 11 is 7.77. The molecule has 1 atom stereocenters. The van der Waals surface area contributed by atoms with E-state index in [1.165, 1.54) is 4.68 Å². The summed E-state index contributed by atoms with van der Waals surface area (Å²) < 4.78 is 1.22. The molecule has 0 fully saturated rings. The van der Waals surface area contributed by atoms with Crippen LogP contribution >= 0.6 is 23.4 Å². The maximum Gasteiger partial charge on any atom is 0.287 e. The van der Waals surface area contributed by atoms with E-state index < -0.39 is 0 Å². The third-order valence-corrected chi connectivity index (χ3v) is 3.56. The summed E-state index contributed by atoms with van der Waals surface area (Å²) in [5, 5.41) is 7.31. The summed E-state index contributed by atoms with van der Waals surface area (Å²) in [5.74, 6) is 2.05. The number of aryl methyl sites for hydroxylation is 1. The van der Waals surface area contributed by atoms with Gasteiger partial charge in [-0.05, 0) is 12.7 Å². The number of anilines is 1. The molecule has 1 N–H and O–H groups in total. The van der Waals surface area contributed by atoms with Crippen molar-refractivity contribution < 1.29 is 0 Å². The molecule has 0 saturated carbocycles. The smallest absolute Gasteiger partial charge is 0.287 e. The number of halogens is 1. The first-order valence-corrected chi connectivity index (χ1v) is 6.65. The first-order valence-electron chi connectivity index (χ1n) is 5.12. The molecule has 0 saturated heterocycles. The molecule has 0 aromatic carbocycles. The van der Waals surface area contributed by atoms with Gasteiger partial charge in [-0.1, -0.05) is 18.5 Å². The number of hydrogen-bond donors (Lipinski definition) is 1. The Balaban J connectivity index is 2.74. The average Bonchev–Trinajstić information content (AvgIpc) is 2.27. The predicted octanol–water partition coefficient (Wildman–Crippen LogP) is 1.99. The first-order chi connectivity index (χ1) is 7.56. The van der Waals surface area contributed by atoms with Gasteiger partial charge in [0.25, 0.3) is 5.56 Å². The summed E-state index contributed by atoms with van der Waals surface area (Å²) in [6, 6.07) is 0.261. The highest BCUT2D eigenvalue weighted by Crippen LogP contribution is 2.17. The fourth-order valence-electron chi connectivity index (χ4n) is 1.21. The number of nitrogens with zero attached hydrogens (tertiary/aromatic N) is 2.